The van der Waals surface area contributed by atoms with Crippen molar-refractivity contribution in [3.63, 3.8) is 0 Å². The molecule has 2 heterocycles. The van der Waals surface area contributed by atoms with Crippen LogP contribution in [0.4, 0.5) is 0 Å². The predicted octanol–water partition coefficient (Wildman–Crippen LogP) is 3.55. The van der Waals surface area contributed by atoms with Crippen molar-refractivity contribution in [2.24, 2.45) is 10.9 Å². The second kappa shape index (κ2) is 11.4. The zero-order valence-electron chi connectivity index (χ0n) is 17.2. The van der Waals surface area contributed by atoms with Crippen molar-refractivity contribution in [1.82, 2.24) is 25.0 Å². The van der Waals surface area contributed by atoms with E-state index in [4.69, 9.17) is 4.99 Å². The zero-order chi connectivity index (χ0) is 19.1. The smallest absolute Gasteiger partial charge is 0.193 e. The first-order valence-corrected chi connectivity index (χ1v) is 10.2. The number of halogens is 1. The van der Waals surface area contributed by atoms with Gasteiger partial charge in [-0.05, 0) is 30.7 Å². The number of hydrogen-bond acceptors (Lipinski definition) is 3. The van der Waals surface area contributed by atoms with Gasteiger partial charge in [-0.1, -0.05) is 44.2 Å². The summed E-state index contributed by atoms with van der Waals surface area (Å²) in [5.74, 6) is 3.29. The summed E-state index contributed by atoms with van der Waals surface area (Å²) in [5, 5.41) is 11.6. The highest BCUT2D eigenvalue weighted by Crippen LogP contribution is 2.32. The molecule has 1 saturated heterocycles. The molecule has 0 aliphatic carbocycles. The van der Waals surface area contributed by atoms with Crippen LogP contribution >= 0.6 is 24.0 Å². The van der Waals surface area contributed by atoms with Crippen LogP contribution in [0.15, 0.2) is 41.7 Å². The van der Waals surface area contributed by atoms with Gasteiger partial charge >= 0.3 is 0 Å². The highest BCUT2D eigenvalue weighted by atomic mass is 127. The van der Waals surface area contributed by atoms with Crippen LogP contribution < -0.4 is 5.32 Å². The highest BCUT2D eigenvalue weighted by Gasteiger charge is 2.28. The van der Waals surface area contributed by atoms with Crippen molar-refractivity contribution in [1.29, 1.82) is 0 Å². The Kier molecular flexibility index (Phi) is 9.21. The summed E-state index contributed by atoms with van der Waals surface area (Å²) in [6.07, 6.45) is 3.87. The SMILES string of the molecule is CCNC(=NCCn1cnnc1CC)N1CCC(c2ccccc2)C(C)C1.I. The van der Waals surface area contributed by atoms with Crippen molar-refractivity contribution in [3.8, 4) is 0 Å². The topological polar surface area (TPSA) is 58.3 Å². The number of likely N-dealkylation sites (tertiary alicyclic amines) is 1. The molecule has 0 radical (unpaired) electrons. The van der Waals surface area contributed by atoms with E-state index >= 15 is 0 Å². The molecule has 2 unspecified atom stereocenters. The summed E-state index contributed by atoms with van der Waals surface area (Å²) < 4.78 is 2.09. The average Bonchev–Trinajstić information content (AvgIpc) is 3.15. The molecule has 1 aromatic heterocycles. The lowest BCUT2D eigenvalue weighted by atomic mass is 9.82. The summed E-state index contributed by atoms with van der Waals surface area (Å²) in [4.78, 5) is 7.29. The molecule has 0 bridgehead atoms. The maximum atomic E-state index is 4.87. The number of nitrogens with one attached hydrogen (secondary N) is 1. The van der Waals surface area contributed by atoms with Crippen molar-refractivity contribution in [2.45, 2.75) is 46.1 Å². The average molecular weight is 496 g/mol. The maximum absolute atomic E-state index is 4.87. The lowest BCUT2D eigenvalue weighted by Crippen LogP contribution is -2.48. The molecule has 6 nitrogen and oxygen atoms in total. The van der Waals surface area contributed by atoms with Crippen molar-refractivity contribution in [2.75, 3.05) is 26.2 Å². The van der Waals surface area contributed by atoms with Crippen LogP contribution in [0.1, 0.15) is 44.5 Å². The van der Waals surface area contributed by atoms with Gasteiger partial charge in [0.15, 0.2) is 5.96 Å². The molecule has 3 rings (SSSR count). The van der Waals surface area contributed by atoms with Gasteiger partial charge in [-0.15, -0.1) is 34.2 Å². The van der Waals surface area contributed by atoms with Crippen LogP contribution in [0, 0.1) is 5.92 Å². The Hall–Kier alpha value is -1.64. The van der Waals surface area contributed by atoms with Gasteiger partial charge in [-0.2, -0.15) is 0 Å². The van der Waals surface area contributed by atoms with E-state index in [1.807, 2.05) is 0 Å². The van der Waals surface area contributed by atoms with Crippen LogP contribution in [-0.4, -0.2) is 51.8 Å². The third kappa shape index (κ3) is 5.68. The molecule has 1 aliphatic rings. The summed E-state index contributed by atoms with van der Waals surface area (Å²) in [6.45, 7) is 11.1. The van der Waals surface area contributed by atoms with E-state index in [0.717, 1.165) is 50.9 Å². The van der Waals surface area contributed by atoms with Crippen LogP contribution in [0.25, 0.3) is 0 Å². The first-order chi connectivity index (χ1) is 13.2. The van der Waals surface area contributed by atoms with Gasteiger partial charge in [0.2, 0.25) is 0 Å². The van der Waals surface area contributed by atoms with Crippen LogP contribution in [0.3, 0.4) is 0 Å². The van der Waals surface area contributed by atoms with Crippen LogP contribution in [0.2, 0.25) is 0 Å². The summed E-state index contributed by atoms with van der Waals surface area (Å²) >= 11 is 0. The molecule has 28 heavy (non-hydrogen) atoms. The summed E-state index contributed by atoms with van der Waals surface area (Å²) in [5.41, 5.74) is 1.46. The van der Waals surface area contributed by atoms with Crippen molar-refractivity contribution >= 4 is 29.9 Å². The third-order valence-electron chi connectivity index (χ3n) is 5.38. The molecule has 2 atom stereocenters. The second-order valence-corrected chi connectivity index (χ2v) is 7.26. The van der Waals surface area contributed by atoms with Crippen LogP contribution in [-0.2, 0) is 13.0 Å². The molecule has 7 heteroatoms. The molecule has 0 spiro atoms. The molecule has 1 aliphatic heterocycles. The first kappa shape index (κ1) is 22.6. The van der Waals surface area contributed by atoms with E-state index in [1.54, 1.807) is 6.33 Å². The summed E-state index contributed by atoms with van der Waals surface area (Å²) in [7, 11) is 0. The highest BCUT2D eigenvalue weighted by molar-refractivity contribution is 14.0. The van der Waals surface area contributed by atoms with E-state index in [9.17, 15) is 0 Å². The molecule has 1 fully saturated rings. The van der Waals surface area contributed by atoms with Crippen molar-refractivity contribution in [3.05, 3.63) is 48.0 Å². The van der Waals surface area contributed by atoms with Gasteiger partial charge in [0, 0.05) is 32.6 Å². The molecule has 1 N–H and O–H groups in total. The molecule has 0 saturated carbocycles. The molecule has 154 valence electrons. The van der Waals surface area contributed by atoms with E-state index in [-0.39, 0.29) is 24.0 Å². The van der Waals surface area contributed by atoms with Gasteiger partial charge in [-0.3, -0.25) is 4.99 Å². The minimum Gasteiger partial charge on any atom is -0.357 e. The first-order valence-electron chi connectivity index (χ1n) is 10.2. The third-order valence-corrected chi connectivity index (χ3v) is 5.38. The Morgan fingerprint density at radius 1 is 1.25 bits per heavy atom. The second-order valence-electron chi connectivity index (χ2n) is 7.26. The largest absolute Gasteiger partial charge is 0.357 e. The minimum absolute atomic E-state index is 0. The number of benzene rings is 1. The van der Waals surface area contributed by atoms with E-state index < -0.39 is 0 Å². The number of piperidine rings is 1. The van der Waals surface area contributed by atoms with Gasteiger partial charge in [0.05, 0.1) is 6.54 Å². The minimum atomic E-state index is 0. The predicted molar refractivity (Wildman–Crippen MR) is 125 cm³/mol. The number of nitrogens with zero attached hydrogens (tertiary/aromatic N) is 5. The number of aliphatic imine (C=N–C) groups is 1. The molecule has 1 aromatic carbocycles. The van der Waals surface area contributed by atoms with Gasteiger partial charge in [0.1, 0.15) is 12.2 Å². The quantitative estimate of drug-likeness (QED) is 0.378. The summed E-state index contributed by atoms with van der Waals surface area (Å²) in [6, 6.07) is 10.9. The van der Waals surface area contributed by atoms with Crippen LogP contribution in [0.5, 0.6) is 0 Å². The molecular formula is C21H33IN6. The number of aryl methyl sites for hydroxylation is 1. The maximum Gasteiger partial charge on any atom is 0.193 e. The Morgan fingerprint density at radius 3 is 2.71 bits per heavy atom. The Morgan fingerprint density at radius 2 is 2.04 bits per heavy atom. The fraction of sp³-hybridized carbons (Fsp3) is 0.571. The molecule has 0 amide bonds. The van der Waals surface area contributed by atoms with Gasteiger partial charge < -0.3 is 14.8 Å². The molecular weight excluding hydrogens is 463 g/mol. The van der Waals surface area contributed by atoms with E-state index in [2.05, 4.69) is 76.1 Å². The fourth-order valence-electron chi connectivity index (χ4n) is 3.96. The standard InChI is InChI=1S/C21H32N6.HI/c1-4-20-25-24-16-27(20)14-12-23-21(22-5-2)26-13-11-19(17(3)15-26)18-9-7-6-8-10-18;/h6-10,16-17,19H,4-5,11-15H2,1-3H3,(H,22,23);1H. The number of aromatic nitrogens is 3. The van der Waals surface area contributed by atoms with E-state index in [1.165, 1.54) is 12.0 Å². The van der Waals surface area contributed by atoms with Gasteiger partial charge in [0.25, 0.3) is 0 Å². The van der Waals surface area contributed by atoms with E-state index in [0.29, 0.717) is 11.8 Å². The number of rotatable bonds is 6. The fourth-order valence-corrected chi connectivity index (χ4v) is 3.96. The normalized spacial score (nSPS) is 20.0. The molecule has 2 aromatic rings. The number of hydrogen-bond donors (Lipinski definition) is 1. The number of guanidine groups is 1. The zero-order valence-corrected chi connectivity index (χ0v) is 19.5. The Balaban J connectivity index is 0.00000280. The van der Waals surface area contributed by atoms with Crippen molar-refractivity contribution < 1.29 is 0 Å². The Bertz CT molecular complexity index is 730. The lowest BCUT2D eigenvalue weighted by molar-refractivity contribution is 0.234. The lowest BCUT2D eigenvalue weighted by Gasteiger charge is -2.39. The monoisotopic (exact) mass is 496 g/mol. The Labute approximate surface area is 185 Å². The van der Waals surface area contributed by atoms with Gasteiger partial charge in [-0.25, -0.2) is 0 Å².